The van der Waals surface area contributed by atoms with Crippen LogP contribution in [0.3, 0.4) is 0 Å². The van der Waals surface area contributed by atoms with Gasteiger partial charge in [-0.15, -0.1) is 0 Å². The summed E-state index contributed by atoms with van der Waals surface area (Å²) in [6, 6.07) is 6.60. The second-order valence-electron chi connectivity index (χ2n) is 4.58. The van der Waals surface area contributed by atoms with Crippen molar-refractivity contribution in [3.8, 4) is 0 Å². The van der Waals surface area contributed by atoms with Gasteiger partial charge in [0.2, 0.25) is 0 Å². The topological polar surface area (TPSA) is 53.1 Å². The van der Waals surface area contributed by atoms with Crippen LogP contribution in [-0.2, 0) is 0 Å². The molecule has 0 radical (unpaired) electrons. The molecule has 1 aromatic rings. The molecule has 86 valence electrons. The zero-order valence-electron chi connectivity index (χ0n) is 9.96. The second-order valence-corrected chi connectivity index (χ2v) is 4.58. The Labute approximate surface area is 96.8 Å². The van der Waals surface area contributed by atoms with E-state index < -0.39 is 0 Å². The van der Waals surface area contributed by atoms with Gasteiger partial charge in [0.15, 0.2) is 0 Å². The molecule has 0 atom stereocenters. The average Bonchev–Trinajstić information content (AvgIpc) is 2.14. The minimum Gasteiger partial charge on any atom is -0.384 e. The van der Waals surface area contributed by atoms with Crippen molar-refractivity contribution in [1.82, 2.24) is 0 Å². The van der Waals surface area contributed by atoms with Gasteiger partial charge in [0, 0.05) is 18.7 Å². The number of para-hydroxylation sites is 1. The van der Waals surface area contributed by atoms with Crippen molar-refractivity contribution in [3.05, 3.63) is 29.3 Å². The van der Waals surface area contributed by atoms with E-state index in [1.165, 1.54) is 24.8 Å². The molecule has 0 spiro atoms. The highest BCUT2D eigenvalue weighted by molar-refractivity contribution is 6.01. The quantitative estimate of drug-likeness (QED) is 0.603. The average molecular weight is 217 g/mol. The molecule has 1 aromatic carbocycles. The highest BCUT2D eigenvalue weighted by atomic mass is 15.1. The predicted octanol–water partition coefficient (Wildman–Crippen LogP) is 2.27. The number of rotatable bonds is 3. The van der Waals surface area contributed by atoms with E-state index in [2.05, 4.69) is 24.9 Å². The van der Waals surface area contributed by atoms with Crippen LogP contribution >= 0.6 is 0 Å². The normalized spacial score (nSPS) is 15.6. The SMILES string of the molecule is Cc1cccc(C(=N)N)c1N(C)C1CCC1. The highest BCUT2D eigenvalue weighted by Gasteiger charge is 2.25. The van der Waals surface area contributed by atoms with Crippen LogP contribution in [-0.4, -0.2) is 18.9 Å². The summed E-state index contributed by atoms with van der Waals surface area (Å²) in [6.07, 6.45) is 3.82. The van der Waals surface area contributed by atoms with Gasteiger partial charge in [-0.05, 0) is 37.8 Å². The fourth-order valence-electron chi connectivity index (χ4n) is 2.30. The minimum absolute atomic E-state index is 0.157. The maximum Gasteiger partial charge on any atom is 0.124 e. The molecule has 0 heterocycles. The van der Waals surface area contributed by atoms with Gasteiger partial charge >= 0.3 is 0 Å². The molecule has 1 fully saturated rings. The Hall–Kier alpha value is -1.51. The summed E-state index contributed by atoms with van der Waals surface area (Å²) < 4.78 is 0. The number of hydrogen-bond acceptors (Lipinski definition) is 2. The molecule has 0 unspecified atom stereocenters. The van der Waals surface area contributed by atoms with Gasteiger partial charge in [-0.25, -0.2) is 0 Å². The Bertz CT molecular complexity index is 408. The summed E-state index contributed by atoms with van der Waals surface area (Å²) in [5.41, 5.74) is 8.81. The maximum absolute atomic E-state index is 7.63. The first-order valence-corrected chi connectivity index (χ1v) is 5.78. The maximum atomic E-state index is 7.63. The molecule has 0 bridgehead atoms. The lowest BCUT2D eigenvalue weighted by Crippen LogP contribution is -2.38. The van der Waals surface area contributed by atoms with Gasteiger partial charge in [-0.2, -0.15) is 0 Å². The van der Waals surface area contributed by atoms with Crippen LogP contribution in [0.4, 0.5) is 5.69 Å². The van der Waals surface area contributed by atoms with Crippen LogP contribution in [0.2, 0.25) is 0 Å². The summed E-state index contributed by atoms with van der Waals surface area (Å²) in [5, 5.41) is 7.63. The fourth-order valence-corrected chi connectivity index (χ4v) is 2.30. The number of nitrogens with zero attached hydrogens (tertiary/aromatic N) is 1. The summed E-state index contributed by atoms with van der Waals surface area (Å²) >= 11 is 0. The van der Waals surface area contributed by atoms with Crippen LogP contribution in [0.25, 0.3) is 0 Å². The Morgan fingerprint density at radius 2 is 2.12 bits per heavy atom. The summed E-state index contributed by atoms with van der Waals surface area (Å²) in [7, 11) is 2.11. The van der Waals surface area contributed by atoms with Gasteiger partial charge in [-0.3, -0.25) is 5.41 Å². The molecule has 1 aliphatic rings. The van der Waals surface area contributed by atoms with Gasteiger partial charge in [0.25, 0.3) is 0 Å². The van der Waals surface area contributed by atoms with Crippen LogP contribution in [0.15, 0.2) is 18.2 Å². The van der Waals surface area contributed by atoms with Crippen molar-refractivity contribution < 1.29 is 0 Å². The first-order valence-electron chi connectivity index (χ1n) is 5.78. The van der Waals surface area contributed by atoms with Crippen LogP contribution in [0, 0.1) is 12.3 Å². The second kappa shape index (κ2) is 4.16. The van der Waals surface area contributed by atoms with Crippen molar-refractivity contribution >= 4 is 11.5 Å². The van der Waals surface area contributed by atoms with Crippen LogP contribution < -0.4 is 10.6 Å². The van der Waals surface area contributed by atoms with E-state index in [4.69, 9.17) is 11.1 Å². The zero-order chi connectivity index (χ0) is 11.7. The fraction of sp³-hybridized carbons (Fsp3) is 0.462. The zero-order valence-corrected chi connectivity index (χ0v) is 9.96. The van der Waals surface area contributed by atoms with Crippen molar-refractivity contribution in [3.63, 3.8) is 0 Å². The monoisotopic (exact) mass is 217 g/mol. The smallest absolute Gasteiger partial charge is 0.124 e. The molecule has 2 rings (SSSR count). The molecule has 1 aliphatic carbocycles. The molecule has 3 nitrogen and oxygen atoms in total. The molecule has 0 amide bonds. The molecule has 0 aromatic heterocycles. The molecular formula is C13H19N3. The van der Waals surface area contributed by atoms with E-state index in [1.54, 1.807) is 0 Å². The number of anilines is 1. The number of amidine groups is 1. The van der Waals surface area contributed by atoms with Crippen LogP contribution in [0.5, 0.6) is 0 Å². The van der Waals surface area contributed by atoms with E-state index in [-0.39, 0.29) is 5.84 Å². The number of benzene rings is 1. The molecule has 16 heavy (non-hydrogen) atoms. The van der Waals surface area contributed by atoms with E-state index in [0.29, 0.717) is 6.04 Å². The molecule has 0 aliphatic heterocycles. The van der Waals surface area contributed by atoms with E-state index in [0.717, 1.165) is 11.3 Å². The van der Waals surface area contributed by atoms with Gasteiger partial charge < -0.3 is 10.6 Å². The lowest BCUT2D eigenvalue weighted by Gasteiger charge is -2.38. The predicted molar refractivity (Wildman–Crippen MR) is 68.2 cm³/mol. The van der Waals surface area contributed by atoms with Gasteiger partial charge in [0.05, 0.1) is 5.69 Å². The lowest BCUT2D eigenvalue weighted by molar-refractivity contribution is 0.401. The summed E-state index contributed by atoms with van der Waals surface area (Å²) in [4.78, 5) is 2.29. The Morgan fingerprint density at radius 3 is 2.62 bits per heavy atom. The Morgan fingerprint density at radius 1 is 1.44 bits per heavy atom. The largest absolute Gasteiger partial charge is 0.384 e. The molecule has 1 saturated carbocycles. The number of nitrogen functional groups attached to an aromatic ring is 1. The first-order chi connectivity index (χ1) is 7.61. The first kappa shape index (κ1) is 11.0. The van der Waals surface area contributed by atoms with Crippen molar-refractivity contribution in [2.24, 2.45) is 5.73 Å². The molecule has 3 heteroatoms. The Balaban J connectivity index is 2.40. The highest BCUT2D eigenvalue weighted by Crippen LogP contribution is 2.32. The number of nitrogens with one attached hydrogen (secondary N) is 1. The molecule has 3 N–H and O–H groups in total. The number of hydrogen-bond donors (Lipinski definition) is 2. The van der Waals surface area contributed by atoms with E-state index in [1.807, 2.05) is 12.1 Å². The van der Waals surface area contributed by atoms with Crippen LogP contribution in [0.1, 0.15) is 30.4 Å². The summed E-state index contributed by atoms with van der Waals surface area (Å²) in [6.45, 7) is 2.08. The van der Waals surface area contributed by atoms with Crippen molar-refractivity contribution in [2.75, 3.05) is 11.9 Å². The lowest BCUT2D eigenvalue weighted by atomic mass is 9.90. The number of aryl methyl sites for hydroxylation is 1. The third-order valence-electron chi connectivity index (χ3n) is 3.50. The van der Waals surface area contributed by atoms with Crippen molar-refractivity contribution in [1.29, 1.82) is 5.41 Å². The van der Waals surface area contributed by atoms with E-state index in [9.17, 15) is 0 Å². The molecular weight excluding hydrogens is 198 g/mol. The minimum atomic E-state index is 0.157. The third kappa shape index (κ3) is 1.77. The van der Waals surface area contributed by atoms with Crippen molar-refractivity contribution in [2.45, 2.75) is 32.2 Å². The summed E-state index contributed by atoms with van der Waals surface area (Å²) in [5.74, 6) is 0.157. The van der Waals surface area contributed by atoms with Gasteiger partial charge in [-0.1, -0.05) is 12.1 Å². The third-order valence-corrected chi connectivity index (χ3v) is 3.50. The van der Waals surface area contributed by atoms with Gasteiger partial charge in [0.1, 0.15) is 5.84 Å². The van der Waals surface area contributed by atoms with E-state index >= 15 is 0 Å². The standard InChI is InChI=1S/C13H19N3/c1-9-5-3-8-11(13(14)15)12(9)16(2)10-6-4-7-10/h3,5,8,10H,4,6-7H2,1-2H3,(H3,14,15). The number of nitrogens with two attached hydrogens (primary N) is 1. The Kier molecular flexibility index (Phi) is 2.86. The molecule has 0 saturated heterocycles.